The van der Waals surface area contributed by atoms with Crippen LogP contribution in [0.15, 0.2) is 0 Å². The lowest BCUT2D eigenvalue weighted by Gasteiger charge is -2.44. The van der Waals surface area contributed by atoms with Gasteiger partial charge in [0, 0.05) is 18.6 Å². The van der Waals surface area contributed by atoms with Gasteiger partial charge in [-0.3, -0.25) is 14.5 Å². The fraction of sp³-hybridized carbons (Fsp3) is 0.857. The Morgan fingerprint density at radius 3 is 2.53 bits per heavy atom. The molecule has 2 atom stereocenters. The number of hydrogen-bond donors (Lipinski definition) is 2. The molecule has 1 saturated carbocycles. The summed E-state index contributed by atoms with van der Waals surface area (Å²) in [5.74, 6) is -1.02. The number of carbonyl (C=O) groups excluding carboxylic acids is 1. The van der Waals surface area contributed by atoms with E-state index in [-0.39, 0.29) is 18.4 Å². The van der Waals surface area contributed by atoms with Gasteiger partial charge in [0.05, 0.1) is 6.42 Å². The maximum Gasteiger partial charge on any atom is 0.305 e. The molecule has 2 rings (SSSR count). The van der Waals surface area contributed by atoms with E-state index < -0.39 is 12.0 Å². The number of amides is 1. The molecule has 0 radical (unpaired) electrons. The zero-order chi connectivity index (χ0) is 13.8. The van der Waals surface area contributed by atoms with Gasteiger partial charge in [-0.05, 0) is 19.8 Å². The summed E-state index contributed by atoms with van der Waals surface area (Å²) in [6, 6.07) is 0.0994. The number of nitrogens with zero attached hydrogens (tertiary/aromatic N) is 1. The standard InChI is InChI=1S/C14H24N2O3/c1-10-9-15-14(19)12(8-13(17)18)16(10)11-6-4-2-3-5-7-11/h10-12H,2-9H2,1H3,(H,15,19)(H,17,18). The molecule has 2 N–H and O–H groups in total. The zero-order valence-electron chi connectivity index (χ0n) is 11.6. The number of nitrogens with one attached hydrogen (secondary N) is 1. The van der Waals surface area contributed by atoms with Crippen LogP contribution in [0.5, 0.6) is 0 Å². The zero-order valence-corrected chi connectivity index (χ0v) is 11.6. The van der Waals surface area contributed by atoms with Crippen molar-refractivity contribution in [2.45, 2.75) is 70.0 Å². The molecular formula is C14H24N2O3. The molecule has 1 aliphatic carbocycles. The van der Waals surface area contributed by atoms with Gasteiger partial charge in [0.15, 0.2) is 0 Å². The van der Waals surface area contributed by atoms with Crippen molar-refractivity contribution in [1.82, 2.24) is 10.2 Å². The maximum atomic E-state index is 12.0. The first-order valence-corrected chi connectivity index (χ1v) is 7.36. The number of carboxylic acids is 1. The first-order valence-electron chi connectivity index (χ1n) is 7.36. The lowest BCUT2D eigenvalue weighted by atomic mass is 9.97. The van der Waals surface area contributed by atoms with E-state index in [0.717, 1.165) is 12.8 Å². The lowest BCUT2D eigenvalue weighted by Crippen LogP contribution is -2.62. The molecule has 0 aromatic rings. The van der Waals surface area contributed by atoms with Crippen molar-refractivity contribution in [3.63, 3.8) is 0 Å². The van der Waals surface area contributed by atoms with E-state index in [1.807, 2.05) is 0 Å². The van der Waals surface area contributed by atoms with Gasteiger partial charge in [-0.25, -0.2) is 0 Å². The minimum atomic E-state index is -0.895. The summed E-state index contributed by atoms with van der Waals surface area (Å²) < 4.78 is 0. The quantitative estimate of drug-likeness (QED) is 0.759. The molecule has 2 fully saturated rings. The van der Waals surface area contributed by atoms with Gasteiger partial charge in [0.25, 0.3) is 0 Å². The van der Waals surface area contributed by atoms with Gasteiger partial charge in [-0.15, -0.1) is 0 Å². The van der Waals surface area contributed by atoms with Gasteiger partial charge in [-0.2, -0.15) is 0 Å². The van der Waals surface area contributed by atoms with E-state index in [2.05, 4.69) is 17.1 Å². The van der Waals surface area contributed by atoms with Crippen LogP contribution in [-0.2, 0) is 9.59 Å². The molecule has 2 aliphatic rings. The Bertz CT molecular complexity index is 338. The third kappa shape index (κ3) is 3.47. The summed E-state index contributed by atoms with van der Waals surface area (Å²) in [7, 11) is 0. The lowest BCUT2D eigenvalue weighted by molar-refractivity contribution is -0.145. The molecule has 0 spiro atoms. The summed E-state index contributed by atoms with van der Waals surface area (Å²) in [6.45, 7) is 2.71. The molecule has 108 valence electrons. The first-order chi connectivity index (χ1) is 9.09. The highest BCUT2D eigenvalue weighted by molar-refractivity contribution is 5.86. The van der Waals surface area contributed by atoms with Crippen molar-refractivity contribution < 1.29 is 14.7 Å². The Morgan fingerprint density at radius 1 is 1.32 bits per heavy atom. The smallest absolute Gasteiger partial charge is 0.305 e. The topological polar surface area (TPSA) is 69.6 Å². The second kappa shape index (κ2) is 6.37. The van der Waals surface area contributed by atoms with E-state index in [0.29, 0.717) is 12.6 Å². The number of hydrogen-bond acceptors (Lipinski definition) is 3. The molecule has 5 heteroatoms. The molecule has 19 heavy (non-hydrogen) atoms. The third-order valence-electron chi connectivity index (χ3n) is 4.36. The van der Waals surface area contributed by atoms with E-state index in [4.69, 9.17) is 5.11 Å². The molecule has 0 aromatic carbocycles. The Hall–Kier alpha value is -1.10. The van der Waals surface area contributed by atoms with Crippen molar-refractivity contribution in [3.8, 4) is 0 Å². The highest BCUT2D eigenvalue weighted by Gasteiger charge is 2.39. The van der Waals surface area contributed by atoms with Gasteiger partial charge < -0.3 is 10.4 Å². The number of aliphatic carboxylic acids is 1. The Labute approximate surface area is 114 Å². The largest absolute Gasteiger partial charge is 0.481 e. The number of rotatable bonds is 3. The van der Waals surface area contributed by atoms with E-state index in [9.17, 15) is 9.59 Å². The molecule has 1 aliphatic heterocycles. The van der Waals surface area contributed by atoms with Crippen LogP contribution in [-0.4, -0.2) is 46.6 Å². The van der Waals surface area contributed by atoms with Crippen molar-refractivity contribution in [1.29, 1.82) is 0 Å². The fourth-order valence-electron chi connectivity index (χ4n) is 3.45. The maximum absolute atomic E-state index is 12.0. The fourth-order valence-corrected chi connectivity index (χ4v) is 3.45. The van der Waals surface area contributed by atoms with Crippen molar-refractivity contribution in [2.75, 3.05) is 6.54 Å². The van der Waals surface area contributed by atoms with Crippen LogP contribution in [0.4, 0.5) is 0 Å². The van der Waals surface area contributed by atoms with Gasteiger partial charge >= 0.3 is 5.97 Å². The van der Waals surface area contributed by atoms with Crippen LogP contribution < -0.4 is 5.32 Å². The summed E-state index contributed by atoms with van der Waals surface area (Å²) >= 11 is 0. The molecule has 0 bridgehead atoms. The molecular weight excluding hydrogens is 244 g/mol. The van der Waals surface area contributed by atoms with Crippen molar-refractivity contribution in [3.05, 3.63) is 0 Å². The molecule has 5 nitrogen and oxygen atoms in total. The third-order valence-corrected chi connectivity index (χ3v) is 4.36. The van der Waals surface area contributed by atoms with Crippen molar-refractivity contribution >= 4 is 11.9 Å². The van der Waals surface area contributed by atoms with E-state index in [1.54, 1.807) is 0 Å². The van der Waals surface area contributed by atoms with E-state index in [1.165, 1.54) is 25.7 Å². The molecule has 1 heterocycles. The summed E-state index contributed by atoms with van der Waals surface area (Å²) in [5.41, 5.74) is 0. The van der Waals surface area contributed by atoms with Crippen LogP contribution in [0.25, 0.3) is 0 Å². The highest BCUT2D eigenvalue weighted by atomic mass is 16.4. The number of carboxylic acid groups (broad SMARTS) is 1. The molecule has 2 unspecified atom stereocenters. The summed E-state index contributed by atoms with van der Waals surface area (Å²) in [5, 5.41) is 11.9. The Balaban J connectivity index is 2.14. The average molecular weight is 268 g/mol. The second-order valence-electron chi connectivity index (χ2n) is 5.80. The predicted molar refractivity (Wildman–Crippen MR) is 71.8 cm³/mol. The van der Waals surface area contributed by atoms with E-state index >= 15 is 0 Å². The minimum absolute atomic E-state index is 0.0906. The predicted octanol–water partition coefficient (Wildman–Crippen LogP) is 1.37. The summed E-state index contributed by atoms with van der Waals surface area (Å²) in [6.07, 6.45) is 6.99. The van der Waals surface area contributed by atoms with Gasteiger partial charge in [0.2, 0.25) is 5.91 Å². The summed E-state index contributed by atoms with van der Waals surface area (Å²) in [4.78, 5) is 25.2. The van der Waals surface area contributed by atoms with Gasteiger partial charge in [0.1, 0.15) is 6.04 Å². The normalized spacial score (nSPS) is 30.7. The monoisotopic (exact) mass is 268 g/mol. The number of carbonyl (C=O) groups is 2. The minimum Gasteiger partial charge on any atom is -0.481 e. The van der Waals surface area contributed by atoms with Crippen LogP contribution in [0, 0.1) is 0 Å². The first kappa shape index (κ1) is 14.3. The second-order valence-corrected chi connectivity index (χ2v) is 5.80. The Kier molecular flexibility index (Phi) is 4.80. The van der Waals surface area contributed by atoms with Crippen molar-refractivity contribution in [2.24, 2.45) is 0 Å². The van der Waals surface area contributed by atoms with Crippen LogP contribution in [0.2, 0.25) is 0 Å². The average Bonchev–Trinajstić information content (AvgIpc) is 2.62. The molecule has 1 amide bonds. The van der Waals surface area contributed by atoms with Crippen LogP contribution >= 0.6 is 0 Å². The van der Waals surface area contributed by atoms with Crippen LogP contribution in [0.1, 0.15) is 51.9 Å². The SMILES string of the molecule is CC1CNC(=O)C(CC(=O)O)N1C1CCCCCC1. The van der Waals surface area contributed by atoms with Crippen LogP contribution in [0.3, 0.4) is 0 Å². The molecule has 1 saturated heterocycles. The number of piperazine rings is 1. The van der Waals surface area contributed by atoms with Gasteiger partial charge in [-0.1, -0.05) is 25.7 Å². The highest BCUT2D eigenvalue weighted by Crippen LogP contribution is 2.27. The Morgan fingerprint density at radius 2 is 1.95 bits per heavy atom. The molecule has 0 aromatic heterocycles.